The van der Waals surface area contributed by atoms with E-state index in [2.05, 4.69) is 11.9 Å². The van der Waals surface area contributed by atoms with Crippen LogP contribution < -0.4 is 0 Å². The molecule has 0 N–H and O–H groups in total. The number of hydrogen-bond donors (Lipinski definition) is 0. The molecule has 0 radical (unpaired) electrons. The highest BCUT2D eigenvalue weighted by Gasteiger charge is 2.46. The van der Waals surface area contributed by atoms with Crippen LogP contribution in [0.1, 0.15) is 26.7 Å². The molecule has 1 spiro atoms. The van der Waals surface area contributed by atoms with Crippen molar-refractivity contribution < 1.29 is 9.53 Å². The van der Waals surface area contributed by atoms with Crippen LogP contribution in [0.25, 0.3) is 0 Å². The van der Waals surface area contributed by atoms with E-state index in [9.17, 15) is 4.79 Å². The number of carbonyl (C=O) groups excluding carboxylic acids is 1. The Balaban J connectivity index is 0.000000845. The summed E-state index contributed by atoms with van der Waals surface area (Å²) < 4.78 is 5.03. The van der Waals surface area contributed by atoms with Crippen molar-refractivity contribution in [2.24, 2.45) is 5.41 Å². The maximum atomic E-state index is 11.4. The number of cyclic esters (lactones) is 1. The number of carbonyl (C=O) groups is 1. The second-order valence-electron chi connectivity index (χ2n) is 4.01. The average molecular weight is 185 g/mol. The largest absolute Gasteiger partial charge is 0.465 e. The summed E-state index contributed by atoms with van der Waals surface area (Å²) >= 11 is 0. The van der Waals surface area contributed by atoms with Crippen molar-refractivity contribution in [1.82, 2.24) is 4.90 Å². The molecule has 0 aromatic heterocycles. The standard InChI is InChI=1S/C9H15NO2.CH4/c1-10-5-2-3-9(7-10)4-6-12-8(9)11;/h2-7H2,1H3;1H4. The van der Waals surface area contributed by atoms with E-state index >= 15 is 0 Å². The molecule has 0 amide bonds. The third-order valence-corrected chi connectivity index (χ3v) is 3.01. The van der Waals surface area contributed by atoms with Crippen LogP contribution in [-0.2, 0) is 9.53 Å². The first kappa shape index (κ1) is 10.5. The summed E-state index contributed by atoms with van der Waals surface area (Å²) in [5.74, 6) is 0.0362. The number of hydrogen-bond acceptors (Lipinski definition) is 3. The lowest BCUT2D eigenvalue weighted by atomic mass is 9.79. The molecule has 2 aliphatic rings. The van der Waals surface area contributed by atoms with Crippen LogP contribution in [-0.4, -0.2) is 37.6 Å². The van der Waals surface area contributed by atoms with Crippen LogP contribution in [0.3, 0.4) is 0 Å². The van der Waals surface area contributed by atoms with Gasteiger partial charge in [-0.3, -0.25) is 4.79 Å². The third-order valence-electron chi connectivity index (χ3n) is 3.01. The monoisotopic (exact) mass is 185 g/mol. The molecule has 1 atom stereocenters. The summed E-state index contributed by atoms with van der Waals surface area (Å²) in [4.78, 5) is 13.7. The lowest BCUT2D eigenvalue weighted by molar-refractivity contribution is -0.148. The molecule has 3 nitrogen and oxygen atoms in total. The van der Waals surface area contributed by atoms with E-state index in [1.807, 2.05) is 0 Å². The molecule has 3 heteroatoms. The fourth-order valence-corrected chi connectivity index (χ4v) is 2.33. The highest BCUT2D eigenvalue weighted by Crippen LogP contribution is 2.38. The Morgan fingerprint density at radius 2 is 2.23 bits per heavy atom. The van der Waals surface area contributed by atoms with Crippen LogP contribution in [0.4, 0.5) is 0 Å². The maximum absolute atomic E-state index is 11.4. The second-order valence-corrected chi connectivity index (χ2v) is 4.01. The molecule has 0 aliphatic carbocycles. The van der Waals surface area contributed by atoms with E-state index in [0.717, 1.165) is 32.4 Å². The van der Waals surface area contributed by atoms with Gasteiger partial charge in [0.25, 0.3) is 0 Å². The first-order valence-corrected chi connectivity index (χ1v) is 4.59. The van der Waals surface area contributed by atoms with Crippen molar-refractivity contribution in [1.29, 1.82) is 0 Å². The van der Waals surface area contributed by atoms with E-state index in [4.69, 9.17) is 4.74 Å². The molecule has 0 saturated carbocycles. The first-order valence-electron chi connectivity index (χ1n) is 4.59. The lowest BCUT2D eigenvalue weighted by Gasteiger charge is -2.35. The normalized spacial score (nSPS) is 34.4. The molecule has 2 saturated heterocycles. The van der Waals surface area contributed by atoms with Gasteiger partial charge < -0.3 is 9.64 Å². The Kier molecular flexibility index (Phi) is 2.96. The molecular formula is C10H19NO2. The predicted molar refractivity (Wildman–Crippen MR) is 51.5 cm³/mol. The number of nitrogens with zero attached hydrogens (tertiary/aromatic N) is 1. The van der Waals surface area contributed by atoms with Gasteiger partial charge in [-0.05, 0) is 32.9 Å². The molecule has 1 unspecified atom stereocenters. The zero-order chi connectivity index (χ0) is 8.60. The van der Waals surface area contributed by atoms with E-state index in [0.29, 0.717) is 6.61 Å². The van der Waals surface area contributed by atoms with Gasteiger partial charge in [0.2, 0.25) is 0 Å². The van der Waals surface area contributed by atoms with E-state index in [-0.39, 0.29) is 18.8 Å². The Morgan fingerprint density at radius 3 is 2.77 bits per heavy atom. The van der Waals surface area contributed by atoms with Gasteiger partial charge in [0.05, 0.1) is 12.0 Å². The second kappa shape index (κ2) is 3.66. The van der Waals surface area contributed by atoms with E-state index in [1.54, 1.807) is 0 Å². The maximum Gasteiger partial charge on any atom is 0.313 e. The van der Waals surface area contributed by atoms with Crippen LogP contribution >= 0.6 is 0 Å². The molecule has 0 aromatic carbocycles. The molecule has 2 fully saturated rings. The third kappa shape index (κ3) is 1.70. The lowest BCUT2D eigenvalue weighted by Crippen LogP contribution is -2.43. The molecule has 2 rings (SSSR count). The Labute approximate surface area is 80.1 Å². The summed E-state index contributed by atoms with van der Waals surface area (Å²) in [6, 6.07) is 0. The topological polar surface area (TPSA) is 29.5 Å². The van der Waals surface area contributed by atoms with Gasteiger partial charge in [-0.1, -0.05) is 7.43 Å². The van der Waals surface area contributed by atoms with Crippen molar-refractivity contribution in [3.8, 4) is 0 Å². The molecule has 0 bridgehead atoms. The van der Waals surface area contributed by atoms with Gasteiger partial charge in [-0.2, -0.15) is 0 Å². The van der Waals surface area contributed by atoms with E-state index in [1.165, 1.54) is 0 Å². The van der Waals surface area contributed by atoms with Crippen molar-refractivity contribution in [3.05, 3.63) is 0 Å². The Morgan fingerprint density at radius 1 is 1.46 bits per heavy atom. The summed E-state index contributed by atoms with van der Waals surface area (Å²) in [7, 11) is 2.08. The number of esters is 1. The number of rotatable bonds is 0. The highest BCUT2D eigenvalue weighted by atomic mass is 16.5. The van der Waals surface area contributed by atoms with Crippen LogP contribution in [0.5, 0.6) is 0 Å². The first-order chi connectivity index (χ1) is 5.73. The Bertz CT molecular complexity index is 205. The molecule has 2 heterocycles. The summed E-state index contributed by atoms with van der Waals surface area (Å²) in [5, 5.41) is 0. The van der Waals surface area contributed by atoms with Crippen LogP contribution in [0.15, 0.2) is 0 Å². The van der Waals surface area contributed by atoms with Crippen molar-refractivity contribution in [2.45, 2.75) is 26.7 Å². The van der Waals surface area contributed by atoms with Gasteiger partial charge in [0.1, 0.15) is 0 Å². The highest BCUT2D eigenvalue weighted by molar-refractivity contribution is 5.79. The van der Waals surface area contributed by atoms with Gasteiger partial charge in [-0.25, -0.2) is 0 Å². The van der Waals surface area contributed by atoms with Crippen molar-refractivity contribution in [3.63, 3.8) is 0 Å². The van der Waals surface area contributed by atoms with Crippen LogP contribution in [0.2, 0.25) is 0 Å². The quantitative estimate of drug-likeness (QED) is 0.532. The molecule has 13 heavy (non-hydrogen) atoms. The zero-order valence-corrected chi connectivity index (χ0v) is 7.51. The van der Waals surface area contributed by atoms with Gasteiger partial charge in [0, 0.05) is 6.54 Å². The summed E-state index contributed by atoms with van der Waals surface area (Å²) in [5.41, 5.74) is -0.132. The Hall–Kier alpha value is -0.570. The molecule has 76 valence electrons. The van der Waals surface area contributed by atoms with Crippen LogP contribution in [0, 0.1) is 5.41 Å². The molecule has 2 aliphatic heterocycles. The SMILES string of the molecule is C.CN1CCCC2(CCOC2=O)C1. The smallest absolute Gasteiger partial charge is 0.313 e. The van der Waals surface area contributed by atoms with Gasteiger partial charge >= 0.3 is 5.97 Å². The number of piperidine rings is 1. The number of ether oxygens (including phenoxy) is 1. The minimum atomic E-state index is -0.132. The summed E-state index contributed by atoms with van der Waals surface area (Å²) in [6.07, 6.45) is 3.08. The van der Waals surface area contributed by atoms with Gasteiger partial charge in [-0.15, -0.1) is 0 Å². The summed E-state index contributed by atoms with van der Waals surface area (Å²) in [6.45, 7) is 2.65. The average Bonchev–Trinajstić information content (AvgIpc) is 2.33. The van der Waals surface area contributed by atoms with Crippen molar-refractivity contribution >= 4 is 5.97 Å². The van der Waals surface area contributed by atoms with E-state index < -0.39 is 0 Å². The predicted octanol–water partition coefficient (Wildman–Crippen LogP) is 1.28. The minimum Gasteiger partial charge on any atom is -0.465 e. The molecule has 0 aromatic rings. The fourth-order valence-electron chi connectivity index (χ4n) is 2.33. The van der Waals surface area contributed by atoms with Gasteiger partial charge in [0.15, 0.2) is 0 Å². The minimum absolute atomic E-state index is 0. The fraction of sp³-hybridized carbons (Fsp3) is 0.900. The number of likely N-dealkylation sites (tertiary alicyclic amines) is 1. The molecular weight excluding hydrogens is 166 g/mol. The van der Waals surface area contributed by atoms with Crippen molar-refractivity contribution in [2.75, 3.05) is 26.7 Å². The zero-order valence-electron chi connectivity index (χ0n) is 7.51.